The molecule has 2 unspecified atom stereocenters. The van der Waals surface area contributed by atoms with Gasteiger partial charge in [-0.25, -0.2) is 0 Å². The Kier molecular flexibility index (Phi) is 3.92. The molecule has 1 aliphatic heterocycles. The summed E-state index contributed by atoms with van der Waals surface area (Å²) in [6.45, 7) is 7.61. The molecule has 2 atom stereocenters. The van der Waals surface area contributed by atoms with Crippen LogP contribution in [0.2, 0.25) is 0 Å². The van der Waals surface area contributed by atoms with Crippen molar-refractivity contribution in [3.05, 3.63) is 41.5 Å². The Hall–Kier alpha value is -1.88. The van der Waals surface area contributed by atoms with Gasteiger partial charge in [-0.15, -0.1) is 0 Å². The molecule has 21 heavy (non-hydrogen) atoms. The number of para-hydroxylation sites is 1. The van der Waals surface area contributed by atoms with Gasteiger partial charge in [-0.1, -0.05) is 37.2 Å². The number of aromatic nitrogens is 2. The monoisotopic (exact) mass is 287 g/mol. The van der Waals surface area contributed by atoms with Gasteiger partial charge in [-0.2, -0.15) is 4.98 Å². The van der Waals surface area contributed by atoms with Gasteiger partial charge in [0.05, 0.1) is 5.92 Å². The molecule has 0 aliphatic carbocycles. The molecule has 0 amide bonds. The maximum Gasteiger partial charge on any atom is 0.236 e. The lowest BCUT2D eigenvalue weighted by atomic mass is 10.0. The number of fused-ring (bicyclic) bond motifs is 1. The highest BCUT2D eigenvalue weighted by atomic mass is 16.5. The third-order valence-corrected chi connectivity index (χ3v) is 3.79. The first-order valence-electron chi connectivity index (χ1n) is 7.48. The summed E-state index contributed by atoms with van der Waals surface area (Å²) in [7, 11) is 0. The van der Waals surface area contributed by atoms with E-state index in [0.717, 1.165) is 12.2 Å². The number of nitrogens with zero attached hydrogens (tertiary/aromatic N) is 2. The molecule has 2 aromatic rings. The Balaban J connectivity index is 1.86. The topological polar surface area (TPSA) is 60.2 Å². The summed E-state index contributed by atoms with van der Waals surface area (Å²) in [5.41, 5.74) is 2.36. The van der Waals surface area contributed by atoms with Crippen LogP contribution in [0.15, 0.2) is 28.8 Å². The Morgan fingerprint density at radius 2 is 2.19 bits per heavy atom. The van der Waals surface area contributed by atoms with Crippen LogP contribution >= 0.6 is 0 Å². The predicted octanol–water partition coefficient (Wildman–Crippen LogP) is 3.36. The van der Waals surface area contributed by atoms with Crippen molar-refractivity contribution in [2.75, 3.05) is 18.5 Å². The van der Waals surface area contributed by atoms with Crippen molar-refractivity contribution < 1.29 is 9.26 Å². The zero-order valence-electron chi connectivity index (χ0n) is 12.7. The van der Waals surface area contributed by atoms with Gasteiger partial charge >= 0.3 is 0 Å². The van der Waals surface area contributed by atoms with Gasteiger partial charge < -0.3 is 14.6 Å². The fourth-order valence-electron chi connectivity index (χ4n) is 2.75. The van der Waals surface area contributed by atoms with Crippen LogP contribution in [0.3, 0.4) is 0 Å². The first-order chi connectivity index (χ1) is 10.2. The van der Waals surface area contributed by atoms with Gasteiger partial charge in [0.2, 0.25) is 11.7 Å². The molecule has 1 aromatic heterocycles. The highest BCUT2D eigenvalue weighted by Crippen LogP contribution is 2.35. The van der Waals surface area contributed by atoms with E-state index in [-0.39, 0.29) is 12.0 Å². The van der Waals surface area contributed by atoms with Gasteiger partial charge in [-0.3, -0.25) is 0 Å². The largest absolute Gasteiger partial charge is 0.384 e. The molecule has 0 saturated carbocycles. The van der Waals surface area contributed by atoms with E-state index >= 15 is 0 Å². The summed E-state index contributed by atoms with van der Waals surface area (Å²) in [5, 5.41) is 7.51. The smallest absolute Gasteiger partial charge is 0.236 e. The predicted molar refractivity (Wildman–Crippen MR) is 80.3 cm³/mol. The van der Waals surface area contributed by atoms with E-state index in [9.17, 15) is 0 Å². The highest BCUT2D eigenvalue weighted by Gasteiger charge is 2.30. The Bertz CT molecular complexity index is 609. The Morgan fingerprint density at radius 1 is 1.38 bits per heavy atom. The summed E-state index contributed by atoms with van der Waals surface area (Å²) >= 11 is 0. The minimum absolute atomic E-state index is 0.114. The van der Waals surface area contributed by atoms with E-state index in [1.165, 1.54) is 5.56 Å². The zero-order valence-corrected chi connectivity index (χ0v) is 12.7. The van der Waals surface area contributed by atoms with Crippen molar-refractivity contribution in [1.29, 1.82) is 0 Å². The molecule has 0 spiro atoms. The quantitative estimate of drug-likeness (QED) is 0.913. The molecule has 0 radical (unpaired) electrons. The van der Waals surface area contributed by atoms with E-state index in [2.05, 4.69) is 41.4 Å². The average molecular weight is 287 g/mol. The van der Waals surface area contributed by atoms with Gasteiger partial charge in [0.1, 0.15) is 6.10 Å². The van der Waals surface area contributed by atoms with Crippen molar-refractivity contribution in [3.63, 3.8) is 0 Å². The van der Waals surface area contributed by atoms with Crippen molar-refractivity contribution >= 4 is 5.69 Å². The molecule has 112 valence electrons. The average Bonchev–Trinajstić information content (AvgIpc) is 3.10. The molecule has 1 N–H and O–H groups in total. The van der Waals surface area contributed by atoms with Crippen LogP contribution in [-0.2, 0) is 4.74 Å². The molecule has 1 aliphatic rings. The number of ether oxygens (including phenoxy) is 1. The number of benzene rings is 1. The van der Waals surface area contributed by atoms with Crippen LogP contribution < -0.4 is 5.32 Å². The molecule has 1 aromatic carbocycles. The number of nitrogens with one attached hydrogen (secondary N) is 1. The number of rotatable bonds is 5. The number of anilines is 1. The third kappa shape index (κ3) is 2.65. The second-order valence-corrected chi connectivity index (χ2v) is 5.63. The van der Waals surface area contributed by atoms with Crippen molar-refractivity contribution in [1.82, 2.24) is 10.1 Å². The summed E-state index contributed by atoms with van der Waals surface area (Å²) in [5.74, 6) is 1.74. The molecule has 2 heterocycles. The second-order valence-electron chi connectivity index (χ2n) is 5.63. The van der Waals surface area contributed by atoms with Crippen molar-refractivity contribution in [3.8, 4) is 0 Å². The molecular formula is C16H21N3O2. The van der Waals surface area contributed by atoms with Crippen LogP contribution in [0.4, 0.5) is 5.69 Å². The molecule has 5 nitrogen and oxygen atoms in total. The van der Waals surface area contributed by atoms with Gasteiger partial charge in [0.25, 0.3) is 0 Å². The number of hydrogen-bond acceptors (Lipinski definition) is 5. The van der Waals surface area contributed by atoms with E-state index in [1.807, 2.05) is 19.1 Å². The maximum atomic E-state index is 5.73. The van der Waals surface area contributed by atoms with E-state index in [1.54, 1.807) is 0 Å². The summed E-state index contributed by atoms with van der Waals surface area (Å²) in [4.78, 5) is 4.59. The van der Waals surface area contributed by atoms with E-state index < -0.39 is 0 Å². The molecule has 0 saturated heterocycles. The highest BCUT2D eigenvalue weighted by molar-refractivity contribution is 5.59. The fraction of sp³-hybridized carbons (Fsp3) is 0.500. The lowest BCUT2D eigenvalue weighted by Gasteiger charge is -2.16. The van der Waals surface area contributed by atoms with Crippen LogP contribution in [0.1, 0.15) is 50.1 Å². The van der Waals surface area contributed by atoms with E-state index in [4.69, 9.17) is 9.26 Å². The molecule has 0 bridgehead atoms. The first kappa shape index (κ1) is 14.1. The Morgan fingerprint density at radius 3 is 2.95 bits per heavy atom. The van der Waals surface area contributed by atoms with Gasteiger partial charge in [0.15, 0.2) is 0 Å². The maximum absolute atomic E-state index is 5.73. The standard InChI is InChI=1S/C16H21N3O2/c1-4-20-14(10(2)3)15-18-16(21-19-15)12-9-17-13-8-6-5-7-11(12)13/h5-8,10,12,14,17H,4,9H2,1-3H3. The van der Waals surface area contributed by atoms with Gasteiger partial charge in [0, 0.05) is 18.8 Å². The molecule has 5 heteroatoms. The van der Waals surface area contributed by atoms with Crippen LogP contribution in [0, 0.1) is 5.92 Å². The summed E-state index contributed by atoms with van der Waals surface area (Å²) in [6.07, 6.45) is -0.114. The van der Waals surface area contributed by atoms with Crippen LogP contribution in [-0.4, -0.2) is 23.3 Å². The normalized spacial score (nSPS) is 18.6. The minimum Gasteiger partial charge on any atom is -0.384 e. The zero-order chi connectivity index (χ0) is 14.8. The first-order valence-corrected chi connectivity index (χ1v) is 7.48. The van der Waals surface area contributed by atoms with Crippen molar-refractivity contribution in [2.45, 2.75) is 32.8 Å². The minimum atomic E-state index is -0.114. The van der Waals surface area contributed by atoms with Crippen molar-refractivity contribution in [2.24, 2.45) is 5.92 Å². The fourth-order valence-corrected chi connectivity index (χ4v) is 2.75. The second kappa shape index (κ2) is 5.85. The summed E-state index contributed by atoms with van der Waals surface area (Å²) in [6, 6.07) is 8.24. The van der Waals surface area contributed by atoms with E-state index in [0.29, 0.717) is 24.2 Å². The van der Waals surface area contributed by atoms with Gasteiger partial charge in [-0.05, 0) is 24.5 Å². The van der Waals surface area contributed by atoms with Crippen LogP contribution in [0.5, 0.6) is 0 Å². The number of hydrogen-bond donors (Lipinski definition) is 1. The lowest BCUT2D eigenvalue weighted by Crippen LogP contribution is -2.13. The SMILES string of the molecule is CCOC(c1noc(C2CNc3ccccc32)n1)C(C)C. The molecule has 3 rings (SSSR count). The third-order valence-electron chi connectivity index (χ3n) is 3.79. The van der Waals surface area contributed by atoms with Crippen LogP contribution in [0.25, 0.3) is 0 Å². The molecular weight excluding hydrogens is 266 g/mol. The molecule has 0 fully saturated rings. The lowest BCUT2D eigenvalue weighted by molar-refractivity contribution is 0.0217. The Labute approximate surface area is 124 Å². The summed E-state index contributed by atoms with van der Waals surface area (Å²) < 4.78 is 11.2.